The average molecular weight is 224 g/mol. The summed E-state index contributed by atoms with van der Waals surface area (Å²) in [7, 11) is 0. The highest BCUT2D eigenvalue weighted by molar-refractivity contribution is 5.02. The fourth-order valence-corrected chi connectivity index (χ4v) is 3.01. The summed E-state index contributed by atoms with van der Waals surface area (Å²) in [6.45, 7) is 10.4. The first-order valence-corrected chi connectivity index (χ1v) is 6.74. The zero-order chi connectivity index (χ0) is 11.2. The van der Waals surface area contributed by atoms with Crippen molar-refractivity contribution in [3.63, 3.8) is 0 Å². The molecule has 3 nitrogen and oxygen atoms in total. The molecule has 3 rings (SSSR count). The highest BCUT2D eigenvalue weighted by Gasteiger charge is 2.47. The lowest BCUT2D eigenvalue weighted by Gasteiger charge is -2.30. The van der Waals surface area contributed by atoms with E-state index in [1.165, 1.54) is 39.0 Å². The van der Waals surface area contributed by atoms with Gasteiger partial charge in [0.2, 0.25) is 0 Å². The summed E-state index contributed by atoms with van der Waals surface area (Å²) in [5.74, 6) is 0.946. The predicted molar refractivity (Wildman–Crippen MR) is 64.5 cm³/mol. The molecular formula is C13H24N2O. The number of nitrogens with zero attached hydrogens (tertiary/aromatic N) is 1. The molecule has 0 bridgehead atoms. The second-order valence-electron chi connectivity index (χ2n) is 6.33. The summed E-state index contributed by atoms with van der Waals surface area (Å²) >= 11 is 0. The third kappa shape index (κ3) is 2.13. The Morgan fingerprint density at radius 1 is 1.38 bits per heavy atom. The first-order valence-electron chi connectivity index (χ1n) is 6.74. The van der Waals surface area contributed by atoms with E-state index in [-0.39, 0.29) is 0 Å². The molecular weight excluding hydrogens is 200 g/mol. The van der Waals surface area contributed by atoms with Gasteiger partial charge in [0.1, 0.15) is 0 Å². The number of hydrogen-bond acceptors (Lipinski definition) is 3. The Kier molecular flexibility index (Phi) is 2.73. The molecule has 3 fully saturated rings. The monoisotopic (exact) mass is 224 g/mol. The van der Waals surface area contributed by atoms with E-state index in [4.69, 9.17) is 4.74 Å². The zero-order valence-electron chi connectivity index (χ0n) is 10.5. The van der Waals surface area contributed by atoms with E-state index < -0.39 is 0 Å². The van der Waals surface area contributed by atoms with Gasteiger partial charge in [-0.2, -0.15) is 0 Å². The molecule has 1 N–H and O–H groups in total. The largest absolute Gasteiger partial charge is 0.378 e. The Morgan fingerprint density at radius 3 is 2.62 bits per heavy atom. The van der Waals surface area contributed by atoms with Crippen molar-refractivity contribution in [2.45, 2.75) is 38.8 Å². The number of ether oxygens (including phenoxy) is 1. The maximum atomic E-state index is 5.81. The summed E-state index contributed by atoms with van der Waals surface area (Å²) in [6.07, 6.45) is 3.13. The lowest BCUT2D eigenvalue weighted by molar-refractivity contribution is 0.0333. The second kappa shape index (κ2) is 3.97. The number of hydrogen-bond donors (Lipinski definition) is 1. The molecule has 3 heteroatoms. The van der Waals surface area contributed by atoms with Crippen molar-refractivity contribution in [2.24, 2.45) is 11.3 Å². The van der Waals surface area contributed by atoms with Gasteiger partial charge in [0.05, 0.1) is 12.7 Å². The Hall–Kier alpha value is -0.120. The van der Waals surface area contributed by atoms with Crippen LogP contribution in [0.5, 0.6) is 0 Å². The Labute approximate surface area is 98.5 Å². The second-order valence-corrected chi connectivity index (χ2v) is 6.33. The summed E-state index contributed by atoms with van der Waals surface area (Å²) in [6, 6.07) is 0.807. The summed E-state index contributed by atoms with van der Waals surface area (Å²) in [4.78, 5) is 2.66. The maximum Gasteiger partial charge on any atom is 0.0538 e. The van der Waals surface area contributed by atoms with Gasteiger partial charge >= 0.3 is 0 Å². The van der Waals surface area contributed by atoms with Crippen LogP contribution in [0.1, 0.15) is 26.7 Å². The van der Waals surface area contributed by atoms with Crippen LogP contribution >= 0.6 is 0 Å². The first-order chi connectivity index (χ1) is 7.67. The summed E-state index contributed by atoms with van der Waals surface area (Å²) < 4.78 is 5.81. The van der Waals surface area contributed by atoms with Crippen LogP contribution in [0.25, 0.3) is 0 Å². The van der Waals surface area contributed by atoms with Gasteiger partial charge < -0.3 is 15.0 Å². The molecule has 1 aliphatic carbocycles. The molecule has 0 aromatic rings. The molecule has 2 saturated heterocycles. The lowest BCUT2D eigenvalue weighted by Crippen LogP contribution is -2.51. The van der Waals surface area contributed by atoms with Crippen molar-refractivity contribution in [1.29, 1.82) is 0 Å². The van der Waals surface area contributed by atoms with E-state index in [0.717, 1.165) is 18.6 Å². The molecule has 16 heavy (non-hydrogen) atoms. The predicted octanol–water partition coefficient (Wildman–Crippen LogP) is 1.10. The van der Waals surface area contributed by atoms with Crippen molar-refractivity contribution in [3.05, 3.63) is 0 Å². The van der Waals surface area contributed by atoms with Gasteiger partial charge in [-0.05, 0) is 26.7 Å². The van der Waals surface area contributed by atoms with Gasteiger partial charge in [0, 0.05) is 43.6 Å². The first kappa shape index (κ1) is 11.0. The maximum absolute atomic E-state index is 5.81. The molecule has 0 spiro atoms. The van der Waals surface area contributed by atoms with Crippen molar-refractivity contribution >= 4 is 0 Å². The van der Waals surface area contributed by atoms with Crippen molar-refractivity contribution in [2.75, 3.05) is 32.8 Å². The van der Waals surface area contributed by atoms with E-state index in [0.29, 0.717) is 11.5 Å². The molecule has 2 heterocycles. The molecule has 92 valence electrons. The Morgan fingerprint density at radius 2 is 2.19 bits per heavy atom. The minimum Gasteiger partial charge on any atom is -0.378 e. The van der Waals surface area contributed by atoms with Crippen LogP contribution in [0, 0.1) is 11.3 Å². The van der Waals surface area contributed by atoms with E-state index in [9.17, 15) is 0 Å². The van der Waals surface area contributed by atoms with Gasteiger partial charge in [-0.15, -0.1) is 0 Å². The molecule has 2 aliphatic heterocycles. The lowest BCUT2D eigenvalue weighted by atomic mass is 9.96. The molecule has 0 radical (unpaired) electrons. The minimum atomic E-state index is 0.383. The molecule has 2 atom stereocenters. The Balaban J connectivity index is 1.47. The van der Waals surface area contributed by atoms with E-state index in [2.05, 4.69) is 24.1 Å². The third-order valence-electron chi connectivity index (χ3n) is 4.40. The van der Waals surface area contributed by atoms with Gasteiger partial charge in [-0.3, -0.25) is 0 Å². The van der Waals surface area contributed by atoms with E-state index in [1.807, 2.05) is 0 Å². The van der Waals surface area contributed by atoms with Crippen LogP contribution in [0.3, 0.4) is 0 Å². The number of fused-ring (bicyclic) bond motifs is 1. The van der Waals surface area contributed by atoms with Crippen molar-refractivity contribution in [1.82, 2.24) is 10.2 Å². The van der Waals surface area contributed by atoms with E-state index >= 15 is 0 Å². The molecule has 0 amide bonds. The number of likely N-dealkylation sites (tertiary alicyclic amines) is 1. The van der Waals surface area contributed by atoms with Gasteiger partial charge in [-0.25, -0.2) is 0 Å². The molecule has 0 aromatic carbocycles. The molecule has 2 unspecified atom stereocenters. The van der Waals surface area contributed by atoms with E-state index in [1.54, 1.807) is 0 Å². The molecule has 1 saturated carbocycles. The van der Waals surface area contributed by atoms with Gasteiger partial charge in [0.15, 0.2) is 0 Å². The van der Waals surface area contributed by atoms with Gasteiger partial charge in [-0.1, -0.05) is 0 Å². The quantitative estimate of drug-likeness (QED) is 0.757. The summed E-state index contributed by atoms with van der Waals surface area (Å²) in [5, 5.41) is 3.52. The smallest absolute Gasteiger partial charge is 0.0538 e. The topological polar surface area (TPSA) is 24.5 Å². The minimum absolute atomic E-state index is 0.383. The zero-order valence-corrected chi connectivity index (χ0v) is 10.5. The fourth-order valence-electron chi connectivity index (χ4n) is 3.01. The highest BCUT2D eigenvalue weighted by atomic mass is 16.5. The van der Waals surface area contributed by atoms with Gasteiger partial charge in [0.25, 0.3) is 0 Å². The van der Waals surface area contributed by atoms with Crippen LogP contribution in [0.2, 0.25) is 0 Å². The highest BCUT2D eigenvalue weighted by Crippen LogP contribution is 2.47. The van der Waals surface area contributed by atoms with Crippen LogP contribution in [0.15, 0.2) is 0 Å². The summed E-state index contributed by atoms with van der Waals surface area (Å²) in [5.41, 5.74) is 0.522. The van der Waals surface area contributed by atoms with Crippen molar-refractivity contribution in [3.8, 4) is 0 Å². The standard InChI is InChI=1S/C13H24N2O/c1-10(2)16-9-13(3-4-13)8-15-6-11-5-14-12(11)7-15/h10-12,14H,3-9H2,1-2H3. The SMILES string of the molecule is CC(C)OCC1(CN2CC3CNC3C2)CC1. The van der Waals surface area contributed by atoms with Crippen LogP contribution in [-0.2, 0) is 4.74 Å². The number of nitrogens with one attached hydrogen (secondary N) is 1. The normalized spacial score (nSPS) is 36.2. The number of rotatable bonds is 5. The average Bonchev–Trinajstić information content (AvgIpc) is 2.92. The fraction of sp³-hybridized carbons (Fsp3) is 1.00. The third-order valence-corrected chi connectivity index (χ3v) is 4.40. The van der Waals surface area contributed by atoms with Crippen molar-refractivity contribution < 1.29 is 4.74 Å². The van der Waals surface area contributed by atoms with Crippen LogP contribution < -0.4 is 5.32 Å². The molecule has 0 aromatic heterocycles. The van der Waals surface area contributed by atoms with Crippen LogP contribution in [-0.4, -0.2) is 49.8 Å². The van der Waals surface area contributed by atoms with Crippen LogP contribution in [0.4, 0.5) is 0 Å². The molecule has 3 aliphatic rings. The Bertz CT molecular complexity index is 251.